The molecule has 0 bridgehead atoms. The number of fused-ring (bicyclic) bond motifs is 5. The lowest BCUT2D eigenvalue weighted by molar-refractivity contribution is 0.664. The van der Waals surface area contributed by atoms with E-state index in [-0.39, 0.29) is 0 Å². The minimum atomic E-state index is 0.826. The molecule has 0 amide bonds. The Morgan fingerprint density at radius 2 is 1.27 bits per heavy atom. The average molecular weight is 384 g/mol. The van der Waals surface area contributed by atoms with Crippen LogP contribution in [0.5, 0.6) is 0 Å². The van der Waals surface area contributed by atoms with Crippen molar-refractivity contribution in [2.45, 2.75) is 6.42 Å². The second-order valence-corrected chi connectivity index (χ2v) is 7.76. The number of para-hydroxylation sites is 1. The highest BCUT2D eigenvalue weighted by atomic mass is 16.3. The smallest absolute Gasteiger partial charge is 0.139 e. The van der Waals surface area contributed by atoms with Crippen LogP contribution in [-0.4, -0.2) is 0 Å². The molecule has 1 heterocycles. The standard InChI is InChI=1S/C29H20O/c1-2-10-20(11-3-1)24-14-6-4-12-21(24)18-23-19-22-13-5-7-15-25(22)28-26-16-8-9-17-27(26)30-29(23)28/h1-17,19H,18H2. The minimum absolute atomic E-state index is 0.826. The normalized spacial score (nSPS) is 11.5. The molecule has 142 valence electrons. The molecule has 0 saturated carbocycles. The van der Waals surface area contributed by atoms with Crippen molar-refractivity contribution in [2.75, 3.05) is 0 Å². The molecule has 0 fully saturated rings. The molecule has 30 heavy (non-hydrogen) atoms. The van der Waals surface area contributed by atoms with Crippen LogP contribution in [0.4, 0.5) is 0 Å². The van der Waals surface area contributed by atoms with Gasteiger partial charge in [0.15, 0.2) is 0 Å². The molecular weight excluding hydrogens is 364 g/mol. The molecule has 0 unspecified atom stereocenters. The van der Waals surface area contributed by atoms with E-state index in [0.717, 1.165) is 17.6 Å². The maximum absolute atomic E-state index is 6.41. The molecule has 6 aromatic rings. The van der Waals surface area contributed by atoms with Gasteiger partial charge in [0.2, 0.25) is 0 Å². The first-order valence-electron chi connectivity index (χ1n) is 10.3. The highest BCUT2D eigenvalue weighted by molar-refractivity contribution is 6.19. The summed E-state index contributed by atoms with van der Waals surface area (Å²) in [6.07, 6.45) is 0.826. The van der Waals surface area contributed by atoms with Gasteiger partial charge >= 0.3 is 0 Å². The summed E-state index contributed by atoms with van der Waals surface area (Å²) in [7, 11) is 0. The third kappa shape index (κ3) is 2.71. The summed E-state index contributed by atoms with van der Waals surface area (Å²) in [5.74, 6) is 0. The van der Waals surface area contributed by atoms with E-state index in [0.29, 0.717) is 0 Å². The lowest BCUT2D eigenvalue weighted by Crippen LogP contribution is -1.93. The third-order valence-electron chi connectivity index (χ3n) is 5.93. The van der Waals surface area contributed by atoms with Crippen molar-refractivity contribution >= 4 is 32.7 Å². The maximum atomic E-state index is 6.41. The fourth-order valence-electron chi connectivity index (χ4n) is 4.55. The largest absolute Gasteiger partial charge is 0.456 e. The van der Waals surface area contributed by atoms with Gasteiger partial charge in [-0.05, 0) is 39.6 Å². The Bertz CT molecular complexity index is 1510. The van der Waals surface area contributed by atoms with E-state index in [4.69, 9.17) is 4.42 Å². The van der Waals surface area contributed by atoms with Crippen molar-refractivity contribution in [3.63, 3.8) is 0 Å². The molecule has 0 atom stereocenters. The fourth-order valence-corrected chi connectivity index (χ4v) is 4.55. The predicted molar refractivity (Wildman–Crippen MR) is 126 cm³/mol. The van der Waals surface area contributed by atoms with Crippen molar-refractivity contribution in [3.8, 4) is 11.1 Å². The van der Waals surface area contributed by atoms with Crippen LogP contribution in [0.1, 0.15) is 11.1 Å². The quantitative estimate of drug-likeness (QED) is 0.301. The topological polar surface area (TPSA) is 13.1 Å². The van der Waals surface area contributed by atoms with Crippen LogP contribution in [0, 0.1) is 0 Å². The first kappa shape index (κ1) is 17.1. The van der Waals surface area contributed by atoms with Gasteiger partial charge < -0.3 is 4.42 Å². The van der Waals surface area contributed by atoms with Gasteiger partial charge in [0.05, 0.1) is 0 Å². The van der Waals surface area contributed by atoms with Crippen LogP contribution in [0.2, 0.25) is 0 Å². The Kier molecular flexibility index (Phi) is 3.92. The number of hydrogen-bond acceptors (Lipinski definition) is 1. The Balaban J connectivity index is 1.61. The molecule has 0 aliphatic heterocycles. The van der Waals surface area contributed by atoms with Gasteiger partial charge in [0.1, 0.15) is 11.2 Å². The van der Waals surface area contributed by atoms with E-state index < -0.39 is 0 Å². The zero-order valence-corrected chi connectivity index (χ0v) is 16.5. The van der Waals surface area contributed by atoms with Crippen LogP contribution in [0.3, 0.4) is 0 Å². The van der Waals surface area contributed by atoms with Crippen LogP contribution in [0.25, 0.3) is 43.8 Å². The molecule has 1 heteroatoms. The Morgan fingerprint density at radius 3 is 2.17 bits per heavy atom. The zero-order valence-electron chi connectivity index (χ0n) is 16.5. The van der Waals surface area contributed by atoms with Gasteiger partial charge in [-0.15, -0.1) is 0 Å². The number of hydrogen-bond donors (Lipinski definition) is 0. The van der Waals surface area contributed by atoms with Crippen molar-refractivity contribution in [2.24, 2.45) is 0 Å². The molecule has 5 aromatic carbocycles. The van der Waals surface area contributed by atoms with E-state index in [1.807, 2.05) is 6.07 Å². The molecule has 0 spiro atoms. The second-order valence-electron chi connectivity index (χ2n) is 7.76. The van der Waals surface area contributed by atoms with Crippen LogP contribution in [0.15, 0.2) is 114 Å². The molecule has 1 aromatic heterocycles. The molecule has 6 rings (SSSR count). The Hall–Kier alpha value is -3.84. The summed E-state index contributed by atoms with van der Waals surface area (Å²) >= 11 is 0. The summed E-state index contributed by atoms with van der Waals surface area (Å²) < 4.78 is 6.41. The summed E-state index contributed by atoms with van der Waals surface area (Å²) in [5.41, 5.74) is 6.99. The van der Waals surface area contributed by atoms with E-state index in [2.05, 4.69) is 103 Å². The zero-order chi connectivity index (χ0) is 19.9. The summed E-state index contributed by atoms with van der Waals surface area (Å²) in [4.78, 5) is 0. The minimum Gasteiger partial charge on any atom is -0.456 e. The number of benzene rings is 5. The number of furan rings is 1. The van der Waals surface area contributed by atoms with E-state index >= 15 is 0 Å². The molecule has 0 aliphatic rings. The summed E-state index contributed by atoms with van der Waals surface area (Å²) in [5, 5.41) is 4.90. The third-order valence-corrected chi connectivity index (χ3v) is 5.93. The van der Waals surface area contributed by atoms with Gasteiger partial charge in [-0.3, -0.25) is 0 Å². The number of rotatable bonds is 3. The molecule has 0 aliphatic carbocycles. The SMILES string of the molecule is c1ccc(-c2ccccc2Cc2cc3ccccc3c3c2oc2ccccc23)cc1. The van der Waals surface area contributed by atoms with Gasteiger partial charge in [-0.1, -0.05) is 97.1 Å². The highest BCUT2D eigenvalue weighted by Crippen LogP contribution is 2.38. The van der Waals surface area contributed by atoms with E-state index in [1.165, 1.54) is 43.8 Å². The van der Waals surface area contributed by atoms with Gasteiger partial charge in [-0.2, -0.15) is 0 Å². The van der Waals surface area contributed by atoms with Crippen molar-refractivity contribution in [3.05, 3.63) is 120 Å². The summed E-state index contributed by atoms with van der Waals surface area (Å²) in [6.45, 7) is 0. The molecule has 1 nitrogen and oxygen atoms in total. The highest BCUT2D eigenvalue weighted by Gasteiger charge is 2.16. The van der Waals surface area contributed by atoms with Crippen molar-refractivity contribution in [1.29, 1.82) is 0 Å². The molecule has 0 radical (unpaired) electrons. The molecule has 0 N–H and O–H groups in total. The van der Waals surface area contributed by atoms with Crippen LogP contribution >= 0.6 is 0 Å². The van der Waals surface area contributed by atoms with Crippen molar-refractivity contribution < 1.29 is 4.42 Å². The average Bonchev–Trinajstić information content (AvgIpc) is 3.20. The van der Waals surface area contributed by atoms with Crippen LogP contribution in [-0.2, 0) is 6.42 Å². The Morgan fingerprint density at radius 1 is 0.567 bits per heavy atom. The predicted octanol–water partition coefficient (Wildman–Crippen LogP) is 8.00. The van der Waals surface area contributed by atoms with Gasteiger partial charge in [0, 0.05) is 22.8 Å². The maximum Gasteiger partial charge on any atom is 0.139 e. The van der Waals surface area contributed by atoms with Crippen LogP contribution < -0.4 is 0 Å². The monoisotopic (exact) mass is 384 g/mol. The molecular formula is C29H20O. The van der Waals surface area contributed by atoms with Gasteiger partial charge in [-0.25, -0.2) is 0 Å². The molecule has 0 saturated heterocycles. The lowest BCUT2D eigenvalue weighted by atomic mass is 9.92. The first-order valence-corrected chi connectivity index (χ1v) is 10.3. The lowest BCUT2D eigenvalue weighted by Gasteiger charge is -2.11. The fraction of sp³-hybridized carbons (Fsp3) is 0.0345. The van der Waals surface area contributed by atoms with E-state index in [9.17, 15) is 0 Å². The van der Waals surface area contributed by atoms with Crippen molar-refractivity contribution in [1.82, 2.24) is 0 Å². The summed E-state index contributed by atoms with van der Waals surface area (Å²) in [6, 6.07) is 38.5. The first-order chi connectivity index (χ1) is 14.9. The van der Waals surface area contributed by atoms with E-state index in [1.54, 1.807) is 0 Å². The second kappa shape index (κ2) is 6.89. The Labute approximate surface area is 175 Å². The van der Waals surface area contributed by atoms with Gasteiger partial charge in [0.25, 0.3) is 0 Å².